The molecule has 1 atom stereocenters. The maximum atomic E-state index is 4.86. The van der Waals surface area contributed by atoms with Gasteiger partial charge in [-0.15, -0.1) is 6.58 Å². The topological polar surface area (TPSA) is 12.4 Å². The highest BCUT2D eigenvalue weighted by atomic mass is 14.9. The predicted octanol–water partition coefficient (Wildman–Crippen LogP) is 3.85. The van der Waals surface area contributed by atoms with Crippen LogP contribution in [-0.4, -0.2) is 11.3 Å². The minimum absolute atomic E-state index is 0.103. The number of hydrogen-bond donors (Lipinski definition) is 0. The van der Waals surface area contributed by atoms with E-state index in [2.05, 4.69) is 51.6 Å². The Morgan fingerprint density at radius 3 is 2.31 bits per heavy atom. The summed E-state index contributed by atoms with van der Waals surface area (Å²) in [5.74, 6) is 0. The van der Waals surface area contributed by atoms with Gasteiger partial charge in [0.1, 0.15) is 0 Å². The molecule has 1 unspecified atom stereocenters. The molecule has 1 aliphatic rings. The summed E-state index contributed by atoms with van der Waals surface area (Å²) in [7, 11) is 0. The molecule has 0 N–H and O–H groups in total. The molecule has 0 aromatic heterocycles. The van der Waals surface area contributed by atoms with Gasteiger partial charge < -0.3 is 0 Å². The Hall–Kier alpha value is -1.37. The first-order valence-corrected chi connectivity index (χ1v) is 5.76. The van der Waals surface area contributed by atoms with Gasteiger partial charge in [0.2, 0.25) is 0 Å². The molecule has 1 heterocycles. The van der Waals surface area contributed by atoms with Crippen LogP contribution in [0.2, 0.25) is 0 Å². The normalized spacial score (nSPS) is 27.6. The Kier molecular flexibility index (Phi) is 2.49. The van der Waals surface area contributed by atoms with E-state index in [4.69, 9.17) is 4.99 Å². The molecule has 2 rings (SSSR count). The lowest BCUT2D eigenvalue weighted by Crippen LogP contribution is -2.23. The van der Waals surface area contributed by atoms with Gasteiger partial charge in [-0.2, -0.15) is 0 Å². The van der Waals surface area contributed by atoms with Crippen LogP contribution in [0.25, 0.3) is 0 Å². The first-order chi connectivity index (χ1) is 7.47. The molecule has 1 heteroatoms. The van der Waals surface area contributed by atoms with Crippen molar-refractivity contribution in [2.75, 3.05) is 0 Å². The zero-order chi connectivity index (χ0) is 11.8. The monoisotopic (exact) mass is 213 g/mol. The summed E-state index contributed by atoms with van der Waals surface area (Å²) >= 11 is 0. The van der Waals surface area contributed by atoms with Gasteiger partial charge in [-0.25, -0.2) is 0 Å². The van der Waals surface area contributed by atoms with Crippen molar-refractivity contribution in [3.8, 4) is 0 Å². The maximum Gasteiger partial charge on any atom is 0.0769 e. The van der Waals surface area contributed by atoms with Gasteiger partial charge in [-0.1, -0.05) is 50.3 Å². The summed E-state index contributed by atoms with van der Waals surface area (Å²) in [6.45, 7) is 10.6. The van der Waals surface area contributed by atoms with Crippen LogP contribution in [0.5, 0.6) is 0 Å². The second-order valence-electron chi connectivity index (χ2n) is 5.45. The molecule has 0 saturated heterocycles. The number of hydrogen-bond acceptors (Lipinski definition) is 1. The van der Waals surface area contributed by atoms with Gasteiger partial charge in [-0.05, 0) is 18.9 Å². The molecule has 1 aliphatic heterocycles. The summed E-state index contributed by atoms with van der Waals surface area (Å²) in [5.41, 5.74) is 2.47. The molecule has 0 bridgehead atoms. The summed E-state index contributed by atoms with van der Waals surface area (Å²) < 4.78 is 0. The zero-order valence-corrected chi connectivity index (χ0v) is 10.3. The van der Waals surface area contributed by atoms with Crippen molar-refractivity contribution in [3.05, 3.63) is 48.6 Å². The Morgan fingerprint density at radius 1 is 1.19 bits per heavy atom. The lowest BCUT2D eigenvalue weighted by Gasteiger charge is -2.23. The Bertz CT molecular complexity index is 428. The maximum absolute atomic E-state index is 4.86. The van der Waals surface area contributed by atoms with Crippen LogP contribution in [-0.2, 0) is 0 Å². The lowest BCUT2D eigenvalue weighted by molar-refractivity contribution is 0.422. The Morgan fingerprint density at radius 2 is 1.81 bits per heavy atom. The fourth-order valence-corrected chi connectivity index (χ4v) is 2.59. The van der Waals surface area contributed by atoms with Crippen molar-refractivity contribution >= 4 is 5.71 Å². The van der Waals surface area contributed by atoms with Gasteiger partial charge >= 0.3 is 0 Å². The van der Waals surface area contributed by atoms with Crippen LogP contribution < -0.4 is 0 Å². The molecule has 1 aromatic rings. The number of benzene rings is 1. The number of aliphatic imine (C=N–C) groups is 1. The highest BCUT2D eigenvalue weighted by Crippen LogP contribution is 2.41. The molecule has 0 aliphatic carbocycles. The molecule has 84 valence electrons. The van der Waals surface area contributed by atoms with Crippen LogP contribution in [0.15, 0.2) is 48.0 Å². The van der Waals surface area contributed by atoms with E-state index < -0.39 is 0 Å². The molecule has 0 amide bonds. The van der Waals surface area contributed by atoms with E-state index in [0.717, 1.165) is 6.42 Å². The summed E-state index contributed by atoms with van der Waals surface area (Å²) in [4.78, 5) is 4.86. The number of nitrogens with zero attached hydrogens (tertiary/aromatic N) is 1. The third-order valence-electron chi connectivity index (χ3n) is 3.30. The van der Waals surface area contributed by atoms with Crippen LogP contribution in [0.1, 0.15) is 32.8 Å². The molecule has 0 fully saturated rings. The van der Waals surface area contributed by atoms with E-state index in [0.29, 0.717) is 0 Å². The average Bonchev–Trinajstić information content (AvgIpc) is 2.51. The van der Waals surface area contributed by atoms with Crippen LogP contribution in [0, 0.1) is 5.41 Å². The van der Waals surface area contributed by atoms with Crippen molar-refractivity contribution in [1.82, 2.24) is 0 Å². The van der Waals surface area contributed by atoms with E-state index >= 15 is 0 Å². The first-order valence-electron chi connectivity index (χ1n) is 5.76. The van der Waals surface area contributed by atoms with E-state index in [1.54, 1.807) is 0 Å². The van der Waals surface area contributed by atoms with E-state index in [1.807, 2.05) is 12.1 Å². The fraction of sp³-hybridized carbons (Fsp3) is 0.400. The van der Waals surface area contributed by atoms with Crippen LogP contribution in [0.4, 0.5) is 0 Å². The van der Waals surface area contributed by atoms with Gasteiger partial charge in [0.05, 0.1) is 5.54 Å². The predicted molar refractivity (Wildman–Crippen MR) is 70.0 cm³/mol. The number of rotatable bonds is 2. The van der Waals surface area contributed by atoms with Gasteiger partial charge in [0, 0.05) is 11.1 Å². The SMILES string of the molecule is C=CC1(C)CC(C)(C)C(c2ccccc2)=N1. The molecular formula is C15H19N. The van der Waals surface area contributed by atoms with E-state index in [1.165, 1.54) is 11.3 Å². The van der Waals surface area contributed by atoms with Crippen molar-refractivity contribution in [2.24, 2.45) is 10.4 Å². The second kappa shape index (κ2) is 3.58. The molecule has 0 saturated carbocycles. The third kappa shape index (κ3) is 1.82. The first kappa shape index (κ1) is 11.1. The standard InChI is InChI=1S/C15H19N/c1-5-15(4)11-14(2,3)13(16-15)12-9-7-6-8-10-12/h5-10H,1,11H2,2-4H3. The third-order valence-corrected chi connectivity index (χ3v) is 3.30. The molecule has 1 aromatic carbocycles. The zero-order valence-electron chi connectivity index (χ0n) is 10.3. The summed E-state index contributed by atoms with van der Waals surface area (Å²) in [6.07, 6.45) is 3.00. The smallest absolute Gasteiger partial charge is 0.0769 e. The average molecular weight is 213 g/mol. The van der Waals surface area contributed by atoms with Gasteiger partial charge in [0.25, 0.3) is 0 Å². The molecule has 0 spiro atoms. The van der Waals surface area contributed by atoms with Crippen molar-refractivity contribution in [2.45, 2.75) is 32.7 Å². The minimum Gasteiger partial charge on any atom is -0.278 e. The minimum atomic E-state index is -0.103. The Labute approximate surface area is 97.9 Å². The van der Waals surface area contributed by atoms with Crippen molar-refractivity contribution in [1.29, 1.82) is 0 Å². The lowest BCUT2D eigenvalue weighted by atomic mass is 9.78. The largest absolute Gasteiger partial charge is 0.278 e. The van der Waals surface area contributed by atoms with Gasteiger partial charge in [-0.3, -0.25) is 4.99 Å². The molecule has 16 heavy (non-hydrogen) atoms. The van der Waals surface area contributed by atoms with Gasteiger partial charge in [0.15, 0.2) is 0 Å². The van der Waals surface area contributed by atoms with Crippen LogP contribution in [0.3, 0.4) is 0 Å². The Balaban J connectivity index is 2.48. The summed E-state index contributed by atoms with van der Waals surface area (Å²) in [5, 5.41) is 0. The van der Waals surface area contributed by atoms with E-state index in [9.17, 15) is 0 Å². The van der Waals surface area contributed by atoms with Crippen molar-refractivity contribution in [3.63, 3.8) is 0 Å². The molecule has 1 nitrogen and oxygen atoms in total. The fourth-order valence-electron chi connectivity index (χ4n) is 2.59. The van der Waals surface area contributed by atoms with E-state index in [-0.39, 0.29) is 11.0 Å². The summed E-state index contributed by atoms with van der Waals surface area (Å²) in [6, 6.07) is 10.4. The van der Waals surface area contributed by atoms with Crippen molar-refractivity contribution < 1.29 is 0 Å². The second-order valence-corrected chi connectivity index (χ2v) is 5.45. The highest BCUT2D eigenvalue weighted by molar-refractivity contribution is 6.06. The highest BCUT2D eigenvalue weighted by Gasteiger charge is 2.40. The molecule has 0 radical (unpaired) electrons. The molecular weight excluding hydrogens is 194 g/mol. The quantitative estimate of drug-likeness (QED) is 0.662. The van der Waals surface area contributed by atoms with Crippen LogP contribution >= 0.6 is 0 Å².